The fraction of sp³-hybridized carbons (Fsp3) is 0.762. The smallest absolute Gasteiger partial charge is 0.341 e. The molecule has 1 aliphatic rings. The second-order valence-electron chi connectivity index (χ2n) is 8.54. The first kappa shape index (κ1) is 21.8. The first-order valence-electron chi connectivity index (χ1n) is 9.60. The third kappa shape index (κ3) is 4.87. The van der Waals surface area contributed by atoms with E-state index in [1.54, 1.807) is 0 Å². The van der Waals surface area contributed by atoms with Crippen LogP contribution < -0.4 is 0 Å². The van der Waals surface area contributed by atoms with Crippen molar-refractivity contribution in [1.29, 1.82) is 0 Å². The van der Waals surface area contributed by atoms with Crippen molar-refractivity contribution in [2.24, 2.45) is 0 Å². The predicted molar refractivity (Wildman–Crippen MR) is 103 cm³/mol. The largest absolute Gasteiger partial charge is 0.479 e. The molecule has 1 unspecified atom stereocenters. The summed E-state index contributed by atoms with van der Waals surface area (Å²) in [6, 6.07) is 0. The summed E-state index contributed by atoms with van der Waals surface area (Å²) in [7, 11) is 0. The fourth-order valence-electron chi connectivity index (χ4n) is 4.30. The highest BCUT2D eigenvalue weighted by molar-refractivity contribution is 5.81. The molecule has 0 bridgehead atoms. The van der Waals surface area contributed by atoms with Crippen LogP contribution >= 0.6 is 0 Å². The van der Waals surface area contributed by atoms with E-state index < -0.39 is 11.6 Å². The normalized spacial score (nSPS) is 22.3. The van der Waals surface area contributed by atoms with Gasteiger partial charge in [-0.05, 0) is 72.6 Å². The maximum Gasteiger partial charge on any atom is 0.341 e. The summed E-state index contributed by atoms with van der Waals surface area (Å²) >= 11 is 0. The van der Waals surface area contributed by atoms with Gasteiger partial charge in [0.2, 0.25) is 5.60 Å². The molecule has 1 saturated heterocycles. The van der Waals surface area contributed by atoms with Gasteiger partial charge < -0.3 is 15.1 Å². The van der Waals surface area contributed by atoms with Crippen molar-refractivity contribution in [3.63, 3.8) is 0 Å². The van der Waals surface area contributed by atoms with Crippen LogP contribution in [0.3, 0.4) is 0 Å². The Hall–Kier alpha value is -1.29. The van der Waals surface area contributed by atoms with Gasteiger partial charge in [-0.15, -0.1) is 6.58 Å². The number of aliphatic hydroxyl groups is 1. The molecular formula is C21H37NO3. The molecule has 0 radical (unpaired) electrons. The van der Waals surface area contributed by atoms with E-state index in [9.17, 15) is 15.0 Å². The van der Waals surface area contributed by atoms with Crippen LogP contribution in [0.5, 0.6) is 0 Å². The van der Waals surface area contributed by atoms with Gasteiger partial charge in [-0.3, -0.25) is 0 Å². The van der Waals surface area contributed by atoms with Crippen LogP contribution in [0, 0.1) is 0 Å². The fourth-order valence-corrected chi connectivity index (χ4v) is 4.30. The van der Waals surface area contributed by atoms with Crippen molar-refractivity contribution in [2.45, 2.75) is 103 Å². The van der Waals surface area contributed by atoms with E-state index in [-0.39, 0.29) is 17.5 Å². The number of carboxylic acid groups (broad SMARTS) is 1. The molecule has 1 aliphatic heterocycles. The molecule has 0 aliphatic carbocycles. The molecule has 144 valence electrons. The Labute approximate surface area is 153 Å². The van der Waals surface area contributed by atoms with Gasteiger partial charge in [-0.2, -0.15) is 0 Å². The first-order valence-corrected chi connectivity index (χ1v) is 9.60. The minimum Gasteiger partial charge on any atom is -0.479 e. The van der Waals surface area contributed by atoms with E-state index in [4.69, 9.17) is 0 Å². The highest BCUT2D eigenvalue weighted by atomic mass is 16.4. The second-order valence-corrected chi connectivity index (χ2v) is 8.54. The van der Waals surface area contributed by atoms with Crippen molar-refractivity contribution >= 4 is 5.97 Å². The topological polar surface area (TPSA) is 60.8 Å². The monoisotopic (exact) mass is 351 g/mol. The summed E-state index contributed by atoms with van der Waals surface area (Å²) in [6.45, 7) is 14.3. The number of nitrogens with zero attached hydrogens (tertiary/aromatic N) is 1. The lowest BCUT2D eigenvalue weighted by Gasteiger charge is -2.57. The Bertz CT molecular complexity index is 491. The lowest BCUT2D eigenvalue weighted by atomic mass is 9.76. The zero-order valence-electron chi connectivity index (χ0n) is 16.8. The van der Waals surface area contributed by atoms with Crippen LogP contribution in [0.25, 0.3) is 0 Å². The van der Waals surface area contributed by atoms with Crippen LogP contribution in [-0.4, -0.2) is 37.8 Å². The summed E-state index contributed by atoms with van der Waals surface area (Å²) in [5.41, 5.74) is -1.65. The van der Waals surface area contributed by atoms with Gasteiger partial charge in [-0.25, -0.2) is 4.79 Å². The minimum atomic E-state index is -1.84. The molecule has 1 heterocycles. The van der Waals surface area contributed by atoms with E-state index in [1.807, 2.05) is 19.1 Å². The van der Waals surface area contributed by atoms with Gasteiger partial charge in [0, 0.05) is 11.1 Å². The zero-order chi connectivity index (χ0) is 19.3. The van der Waals surface area contributed by atoms with E-state index >= 15 is 0 Å². The second kappa shape index (κ2) is 8.39. The summed E-state index contributed by atoms with van der Waals surface area (Å²) in [5, 5.41) is 21.1. The number of rotatable bonds is 9. The van der Waals surface area contributed by atoms with Crippen LogP contribution in [0.1, 0.15) is 86.0 Å². The third-order valence-corrected chi connectivity index (χ3v) is 5.37. The maximum atomic E-state index is 12.1. The third-order valence-electron chi connectivity index (χ3n) is 5.37. The Morgan fingerprint density at radius 1 is 1.20 bits per heavy atom. The summed E-state index contributed by atoms with van der Waals surface area (Å²) in [6.07, 6.45) is 10.3. The highest BCUT2D eigenvalue weighted by Crippen LogP contribution is 2.44. The number of hydrogen-bond acceptors (Lipinski definition) is 3. The first-order chi connectivity index (χ1) is 11.5. The molecule has 0 aromatic heterocycles. The molecule has 1 fully saturated rings. The molecule has 0 spiro atoms. The van der Waals surface area contributed by atoms with Crippen molar-refractivity contribution in [2.75, 3.05) is 0 Å². The lowest BCUT2D eigenvalue weighted by Crippen LogP contribution is -2.62. The Morgan fingerprint density at radius 3 is 2.20 bits per heavy atom. The summed E-state index contributed by atoms with van der Waals surface area (Å²) in [4.78, 5) is 14.3. The van der Waals surface area contributed by atoms with Crippen molar-refractivity contribution in [3.8, 4) is 0 Å². The molecular weight excluding hydrogens is 314 g/mol. The zero-order valence-corrected chi connectivity index (χ0v) is 16.8. The number of likely N-dealkylation sites (tertiary alicyclic amines) is 1. The number of piperidine rings is 1. The average Bonchev–Trinajstić information content (AvgIpc) is 2.48. The molecule has 1 atom stereocenters. The molecule has 0 amide bonds. The van der Waals surface area contributed by atoms with E-state index in [2.05, 4.69) is 39.2 Å². The molecule has 4 heteroatoms. The van der Waals surface area contributed by atoms with Gasteiger partial charge >= 0.3 is 5.97 Å². The predicted octanol–water partition coefficient (Wildman–Crippen LogP) is 4.89. The van der Waals surface area contributed by atoms with Crippen LogP contribution in [-0.2, 0) is 4.79 Å². The van der Waals surface area contributed by atoms with Crippen LogP contribution in [0.15, 0.2) is 24.4 Å². The maximum absolute atomic E-state index is 12.1. The number of hydrogen-bond donors (Lipinski definition) is 2. The van der Waals surface area contributed by atoms with Gasteiger partial charge in [0.25, 0.3) is 0 Å². The van der Waals surface area contributed by atoms with Crippen LogP contribution in [0.4, 0.5) is 0 Å². The Morgan fingerprint density at radius 2 is 1.76 bits per heavy atom. The SMILES string of the molecule is C=CCCCC=C(N1C(C)(C)CCCC1(C)C)C(O)(CCC)C(=O)O. The average molecular weight is 352 g/mol. The van der Waals surface area contributed by atoms with Gasteiger partial charge in [0.15, 0.2) is 0 Å². The van der Waals surface area contributed by atoms with Crippen molar-refractivity contribution in [1.82, 2.24) is 4.90 Å². The summed E-state index contributed by atoms with van der Waals surface area (Å²) < 4.78 is 0. The number of unbranched alkanes of at least 4 members (excludes halogenated alkanes) is 2. The minimum absolute atomic E-state index is 0.191. The van der Waals surface area contributed by atoms with E-state index in [0.29, 0.717) is 12.1 Å². The number of carbonyl (C=O) groups is 1. The summed E-state index contributed by atoms with van der Waals surface area (Å²) in [5.74, 6) is -1.15. The molecule has 2 N–H and O–H groups in total. The highest BCUT2D eigenvalue weighted by Gasteiger charge is 2.50. The van der Waals surface area contributed by atoms with Crippen LogP contribution in [0.2, 0.25) is 0 Å². The molecule has 0 aromatic rings. The number of carboxylic acids is 1. The van der Waals surface area contributed by atoms with Gasteiger partial charge in [0.05, 0.1) is 5.70 Å². The Kier molecular flexibility index (Phi) is 7.30. The molecule has 0 aromatic carbocycles. The van der Waals surface area contributed by atoms with Crippen molar-refractivity contribution in [3.05, 3.63) is 24.4 Å². The lowest BCUT2D eigenvalue weighted by molar-refractivity contribution is -0.160. The van der Waals surface area contributed by atoms with E-state index in [1.165, 1.54) is 0 Å². The molecule has 1 rings (SSSR count). The quantitative estimate of drug-likeness (QED) is 0.459. The van der Waals surface area contributed by atoms with Gasteiger partial charge in [-0.1, -0.05) is 25.5 Å². The molecule has 25 heavy (non-hydrogen) atoms. The number of allylic oxidation sites excluding steroid dienone is 2. The molecule has 4 nitrogen and oxygen atoms in total. The number of aliphatic carboxylic acids is 1. The Balaban J connectivity index is 3.42. The van der Waals surface area contributed by atoms with E-state index in [0.717, 1.165) is 38.5 Å². The van der Waals surface area contributed by atoms with Gasteiger partial charge in [0.1, 0.15) is 0 Å². The van der Waals surface area contributed by atoms with Crippen molar-refractivity contribution < 1.29 is 15.0 Å². The standard InChI is InChI=1S/C21H37NO3/c1-7-9-10-11-13-17(21(25,14-8-2)18(23)24)22-19(3,4)15-12-16-20(22,5)6/h7,13,25H,1,8-12,14-16H2,2-6H3,(H,23,24). The molecule has 0 saturated carbocycles.